The van der Waals surface area contributed by atoms with Crippen molar-refractivity contribution in [3.8, 4) is 5.75 Å². The number of nitrogens with one attached hydrogen (secondary N) is 1. The Morgan fingerprint density at radius 2 is 2.00 bits per heavy atom. The van der Waals surface area contributed by atoms with Crippen molar-refractivity contribution in [3.05, 3.63) is 64.1 Å². The topological polar surface area (TPSA) is 142 Å². The van der Waals surface area contributed by atoms with Gasteiger partial charge in [-0.2, -0.15) is 13.2 Å². The first-order valence-electron chi connectivity index (χ1n) is 12.2. The highest BCUT2D eigenvalue weighted by molar-refractivity contribution is 5.89. The molecule has 2 aromatic carbocycles. The molecule has 214 valence electrons. The zero-order valence-corrected chi connectivity index (χ0v) is 21.3. The van der Waals surface area contributed by atoms with Crippen LogP contribution in [0.3, 0.4) is 0 Å². The molecule has 2 atom stereocenters. The molecular weight excluding hydrogens is 539 g/mol. The number of H-pyrrole nitrogens is 1. The van der Waals surface area contributed by atoms with Crippen molar-refractivity contribution in [1.82, 2.24) is 14.8 Å². The van der Waals surface area contributed by atoms with E-state index < -0.39 is 42.6 Å². The third-order valence-corrected chi connectivity index (χ3v) is 6.42. The van der Waals surface area contributed by atoms with Crippen LogP contribution in [0.5, 0.6) is 5.75 Å². The Kier molecular flexibility index (Phi) is 8.59. The number of amides is 1. The number of halogens is 3. The van der Waals surface area contributed by atoms with Gasteiger partial charge in [-0.25, -0.2) is 14.4 Å². The van der Waals surface area contributed by atoms with Crippen LogP contribution in [0.4, 0.5) is 13.2 Å². The Labute approximate surface area is 225 Å². The Morgan fingerprint density at radius 3 is 2.70 bits per heavy atom. The minimum absolute atomic E-state index is 0.00798. The van der Waals surface area contributed by atoms with E-state index >= 15 is 0 Å². The highest BCUT2D eigenvalue weighted by Gasteiger charge is 2.42. The molecule has 3 aromatic rings. The summed E-state index contributed by atoms with van der Waals surface area (Å²) in [5, 5.41) is 9.98. The molecule has 1 aliphatic rings. The maximum absolute atomic E-state index is 13.3. The summed E-state index contributed by atoms with van der Waals surface area (Å²) in [6.45, 7) is 0.443. The number of carbonyl (C=O) groups is 3. The molecule has 1 aromatic heterocycles. The van der Waals surface area contributed by atoms with Gasteiger partial charge in [-0.3, -0.25) is 14.7 Å². The summed E-state index contributed by atoms with van der Waals surface area (Å²) >= 11 is 0. The smallest absolute Gasteiger partial charge is 0.482 e. The van der Waals surface area contributed by atoms with Crippen LogP contribution in [-0.2, 0) is 25.5 Å². The number of fused-ring (bicyclic) bond motifs is 1. The first kappa shape index (κ1) is 28.8. The Balaban J connectivity index is 1.49. The lowest BCUT2D eigenvalue weighted by Gasteiger charge is -2.32. The first-order chi connectivity index (χ1) is 18.9. The molecule has 2 heterocycles. The summed E-state index contributed by atoms with van der Waals surface area (Å²) in [4.78, 5) is 53.3. The number of ether oxygens (including phenoxy) is 2. The summed E-state index contributed by atoms with van der Waals surface area (Å²) < 4.78 is 50.9. The van der Waals surface area contributed by atoms with E-state index in [1.807, 2.05) is 4.90 Å². The molecule has 0 spiro atoms. The summed E-state index contributed by atoms with van der Waals surface area (Å²) in [5.74, 6) is -4.91. The van der Waals surface area contributed by atoms with Gasteiger partial charge < -0.3 is 23.9 Å². The average molecular weight is 566 g/mol. The Morgan fingerprint density at radius 1 is 1.23 bits per heavy atom. The van der Waals surface area contributed by atoms with Crippen molar-refractivity contribution in [1.29, 1.82) is 0 Å². The van der Waals surface area contributed by atoms with Crippen molar-refractivity contribution in [3.63, 3.8) is 0 Å². The molecule has 2 N–H and O–H groups in total. The minimum atomic E-state index is -5.31. The monoisotopic (exact) mass is 565 g/mol. The van der Waals surface area contributed by atoms with Crippen molar-refractivity contribution < 1.29 is 46.6 Å². The molecule has 14 heteroatoms. The summed E-state index contributed by atoms with van der Waals surface area (Å²) in [5.41, 5.74) is 2.06. The number of oxazole rings is 1. The standard InChI is InChI=1S/C26H26F3N3O8/c1-31(22(34)10-15-5-6-21-19(9-15)30-25(37)39-21)20(13-32-8-7-17(33)12-32)16-3-2-4-18(11-16)38-14-23(35)40-24(36)26(27,28)29/h2-6,9,11,17,20,33H,7-8,10,12-14H2,1H3,(H,30,37)/t17-,20+/m0/s1. The zero-order valence-electron chi connectivity index (χ0n) is 21.3. The maximum Gasteiger partial charge on any atom is 0.491 e. The number of benzene rings is 2. The van der Waals surface area contributed by atoms with E-state index in [4.69, 9.17) is 9.15 Å². The molecule has 4 rings (SSSR count). The number of aliphatic hydroxyl groups is 1. The van der Waals surface area contributed by atoms with E-state index in [1.54, 1.807) is 37.4 Å². The van der Waals surface area contributed by atoms with Crippen LogP contribution >= 0.6 is 0 Å². The Bertz CT molecular complexity index is 1450. The largest absolute Gasteiger partial charge is 0.491 e. The molecular formula is C26H26F3N3O8. The van der Waals surface area contributed by atoms with Crippen molar-refractivity contribution in [2.24, 2.45) is 0 Å². The highest BCUT2D eigenvalue weighted by atomic mass is 19.4. The van der Waals surface area contributed by atoms with E-state index in [2.05, 4.69) is 9.72 Å². The molecule has 40 heavy (non-hydrogen) atoms. The van der Waals surface area contributed by atoms with Crippen molar-refractivity contribution >= 4 is 28.9 Å². The highest BCUT2D eigenvalue weighted by Crippen LogP contribution is 2.27. The Hall–Kier alpha value is -4.17. The third kappa shape index (κ3) is 7.27. The van der Waals surface area contributed by atoms with E-state index in [9.17, 15) is 37.5 Å². The van der Waals surface area contributed by atoms with Gasteiger partial charge >= 0.3 is 23.9 Å². The van der Waals surface area contributed by atoms with E-state index in [-0.39, 0.29) is 18.1 Å². The van der Waals surface area contributed by atoms with Crippen LogP contribution in [0.2, 0.25) is 0 Å². The number of esters is 2. The molecule has 1 aliphatic heterocycles. The predicted molar refractivity (Wildman–Crippen MR) is 132 cm³/mol. The molecule has 11 nitrogen and oxygen atoms in total. The molecule has 0 aliphatic carbocycles. The van der Waals surface area contributed by atoms with Crippen LogP contribution in [-0.4, -0.2) is 83.3 Å². The number of aliphatic hydroxyl groups excluding tert-OH is 1. The van der Waals surface area contributed by atoms with E-state index in [0.717, 1.165) is 0 Å². The fourth-order valence-corrected chi connectivity index (χ4v) is 4.40. The van der Waals surface area contributed by atoms with Gasteiger partial charge in [0.2, 0.25) is 5.91 Å². The fraction of sp³-hybridized carbons (Fsp3) is 0.385. The number of alkyl halides is 3. The number of aromatic amines is 1. The number of aromatic nitrogens is 1. The lowest BCUT2D eigenvalue weighted by molar-refractivity contribution is -0.202. The minimum Gasteiger partial charge on any atom is -0.482 e. The predicted octanol–water partition coefficient (Wildman–Crippen LogP) is 1.94. The molecule has 0 radical (unpaired) electrons. The van der Waals surface area contributed by atoms with Crippen molar-refractivity contribution in [2.75, 3.05) is 33.3 Å². The second-order valence-electron chi connectivity index (χ2n) is 9.36. The van der Waals surface area contributed by atoms with Gasteiger partial charge in [0.05, 0.1) is 24.1 Å². The first-order valence-corrected chi connectivity index (χ1v) is 12.2. The molecule has 0 unspecified atom stereocenters. The number of likely N-dealkylation sites (tertiary alicyclic amines) is 1. The zero-order chi connectivity index (χ0) is 29.0. The molecule has 1 saturated heterocycles. The van der Waals surface area contributed by atoms with Gasteiger partial charge in [0.1, 0.15) is 5.75 Å². The number of hydrogen-bond donors (Lipinski definition) is 2. The summed E-state index contributed by atoms with van der Waals surface area (Å²) in [6.07, 6.45) is -5.22. The van der Waals surface area contributed by atoms with Crippen LogP contribution in [0.25, 0.3) is 11.1 Å². The number of rotatable bonds is 9. The number of nitrogens with zero attached hydrogens (tertiary/aromatic N) is 2. The van der Waals surface area contributed by atoms with Gasteiger partial charge in [-0.15, -0.1) is 0 Å². The second-order valence-corrected chi connectivity index (χ2v) is 9.36. The van der Waals surface area contributed by atoms with Crippen LogP contribution < -0.4 is 10.5 Å². The van der Waals surface area contributed by atoms with Gasteiger partial charge in [0.15, 0.2) is 12.2 Å². The average Bonchev–Trinajstić information content (AvgIpc) is 3.48. The van der Waals surface area contributed by atoms with Gasteiger partial charge in [0, 0.05) is 26.7 Å². The second kappa shape index (κ2) is 11.9. The summed E-state index contributed by atoms with van der Waals surface area (Å²) in [6, 6.07) is 10.7. The number of β-amino-alcohol motifs (C(OH)–C–C–N with tert-alkyl or cyclic N) is 1. The normalized spacial score (nSPS) is 16.6. The number of carbonyl (C=O) groups excluding carboxylic acids is 3. The van der Waals surface area contributed by atoms with E-state index in [1.165, 1.54) is 17.0 Å². The van der Waals surface area contributed by atoms with Crippen LogP contribution in [0.15, 0.2) is 51.7 Å². The number of likely N-dealkylation sites (N-methyl/N-ethyl adjacent to an activating group) is 1. The molecule has 1 fully saturated rings. The van der Waals surface area contributed by atoms with Gasteiger partial charge in [-0.05, 0) is 41.8 Å². The van der Waals surface area contributed by atoms with Gasteiger partial charge in [-0.1, -0.05) is 18.2 Å². The molecule has 1 amide bonds. The molecule has 0 saturated carbocycles. The van der Waals surface area contributed by atoms with Crippen LogP contribution in [0, 0.1) is 0 Å². The van der Waals surface area contributed by atoms with Crippen LogP contribution in [0.1, 0.15) is 23.6 Å². The SMILES string of the molecule is CN(C(=O)Cc1ccc2oc(=O)[nH]c2c1)[C@H](CN1CC[C@H](O)C1)c1cccc(OCC(=O)OC(=O)C(F)(F)F)c1. The van der Waals surface area contributed by atoms with E-state index in [0.29, 0.717) is 48.3 Å². The van der Waals surface area contributed by atoms with Gasteiger partial charge in [0.25, 0.3) is 0 Å². The van der Waals surface area contributed by atoms with Crippen molar-refractivity contribution in [2.45, 2.75) is 31.2 Å². The lowest BCUT2D eigenvalue weighted by atomic mass is 10.0. The third-order valence-electron chi connectivity index (χ3n) is 6.42. The quantitative estimate of drug-likeness (QED) is 0.294. The summed E-state index contributed by atoms with van der Waals surface area (Å²) in [7, 11) is 1.62. The number of hydrogen-bond acceptors (Lipinski definition) is 9. The fourth-order valence-electron chi connectivity index (χ4n) is 4.40. The molecule has 0 bridgehead atoms. The lowest BCUT2D eigenvalue weighted by Crippen LogP contribution is -2.39. The maximum atomic E-state index is 13.3.